The molecule has 1 aromatic carbocycles. The second-order valence-corrected chi connectivity index (χ2v) is 7.49. The summed E-state index contributed by atoms with van der Waals surface area (Å²) in [7, 11) is -5.23. The van der Waals surface area contributed by atoms with Crippen LogP contribution in [0.4, 0.5) is 0 Å². The molecular weight excluding hydrogens is 414 g/mol. The molecule has 3 N–H and O–H groups in total. The first-order valence-electron chi connectivity index (χ1n) is 8.92. The Labute approximate surface area is 171 Å². The van der Waals surface area contributed by atoms with Crippen LogP contribution in [0.25, 0.3) is 17.2 Å². The Balaban J connectivity index is 2.08. The topological polar surface area (TPSA) is 112 Å². The average molecular weight is 439 g/mol. The molecule has 0 saturated carbocycles. The van der Waals surface area contributed by atoms with E-state index in [1.807, 2.05) is 60.3 Å². The maximum absolute atomic E-state index is 10.5. The van der Waals surface area contributed by atoms with Crippen molar-refractivity contribution in [1.29, 1.82) is 0 Å². The first-order chi connectivity index (χ1) is 14.0. The van der Waals surface area contributed by atoms with E-state index in [2.05, 4.69) is 15.6 Å². The number of nitrogens with zero attached hydrogens (tertiary/aromatic N) is 2. The molecule has 1 unspecified atom stereocenters. The fourth-order valence-corrected chi connectivity index (χ4v) is 3.08. The van der Waals surface area contributed by atoms with Crippen LogP contribution in [-0.2, 0) is 20.2 Å². The van der Waals surface area contributed by atoms with Gasteiger partial charge in [0.15, 0.2) is 18.9 Å². The molecule has 1 aromatic heterocycles. The van der Waals surface area contributed by atoms with Crippen LogP contribution in [0.1, 0.15) is 18.1 Å². The molecule has 0 spiro atoms. The van der Waals surface area contributed by atoms with Gasteiger partial charge in [0.25, 0.3) is 0 Å². The van der Waals surface area contributed by atoms with Crippen LogP contribution in [0.2, 0.25) is 0 Å². The first-order valence-corrected chi connectivity index (χ1v) is 11.3. The third kappa shape index (κ3) is 8.64. The second-order valence-electron chi connectivity index (χ2n) is 5.90. The summed E-state index contributed by atoms with van der Waals surface area (Å²) in [4.78, 5) is 30.4. The van der Waals surface area contributed by atoms with Gasteiger partial charge in [-0.1, -0.05) is 24.3 Å². The second kappa shape index (κ2) is 12.7. The normalized spacial score (nSPS) is 13.0. The van der Waals surface area contributed by atoms with Crippen molar-refractivity contribution in [2.24, 2.45) is 4.99 Å². The van der Waals surface area contributed by atoms with Crippen LogP contribution in [-0.4, -0.2) is 40.7 Å². The van der Waals surface area contributed by atoms with Crippen molar-refractivity contribution in [3.63, 3.8) is 0 Å². The number of hydrogen-bond donors (Lipinski definition) is 3. The summed E-state index contributed by atoms with van der Waals surface area (Å²) < 4.78 is 21.8. The Kier molecular flexibility index (Phi) is 10.3. The molecule has 0 aliphatic rings. The number of pyridine rings is 1. The molecule has 1 atom stereocenters. The number of hydrogen-bond acceptors (Lipinski definition) is 6. The zero-order valence-corrected chi connectivity index (χ0v) is 17.9. The molecular formula is C19H25N2O6P2+. The van der Waals surface area contributed by atoms with Gasteiger partial charge in [0.2, 0.25) is 0 Å². The van der Waals surface area contributed by atoms with Crippen molar-refractivity contribution in [3.8, 4) is 11.1 Å². The Morgan fingerprint density at radius 1 is 1.14 bits per heavy atom. The Bertz CT molecular complexity index is 856. The maximum Gasteiger partial charge on any atom is 0.327 e. The van der Waals surface area contributed by atoms with Gasteiger partial charge in [0, 0.05) is 18.3 Å². The van der Waals surface area contributed by atoms with Crippen molar-refractivity contribution < 1.29 is 32.9 Å². The zero-order valence-electron chi connectivity index (χ0n) is 16.0. The molecule has 0 radical (unpaired) electrons. The van der Waals surface area contributed by atoms with Crippen LogP contribution in [0.5, 0.6) is 0 Å². The Morgan fingerprint density at radius 2 is 1.90 bits per heavy atom. The van der Waals surface area contributed by atoms with E-state index >= 15 is 0 Å². The van der Waals surface area contributed by atoms with Crippen molar-refractivity contribution >= 4 is 29.1 Å². The third-order valence-electron chi connectivity index (χ3n) is 3.89. The monoisotopic (exact) mass is 439 g/mol. The van der Waals surface area contributed by atoms with E-state index in [1.165, 1.54) is 0 Å². The van der Waals surface area contributed by atoms with Gasteiger partial charge in [-0.3, -0.25) is 9.56 Å². The van der Waals surface area contributed by atoms with E-state index in [-0.39, 0.29) is 13.2 Å². The van der Waals surface area contributed by atoms with Gasteiger partial charge >= 0.3 is 16.9 Å². The van der Waals surface area contributed by atoms with E-state index < -0.39 is 16.9 Å². The van der Waals surface area contributed by atoms with Crippen molar-refractivity contribution in [2.75, 3.05) is 19.8 Å². The van der Waals surface area contributed by atoms with Gasteiger partial charge in [-0.2, -0.15) is 0 Å². The minimum absolute atomic E-state index is 0.106. The van der Waals surface area contributed by atoms with Crippen LogP contribution >= 0.6 is 16.9 Å². The first kappa shape index (κ1) is 23.5. The molecule has 2 aromatic rings. The molecule has 8 nitrogen and oxygen atoms in total. The molecule has 0 bridgehead atoms. The average Bonchev–Trinajstić information content (AvgIpc) is 2.69. The van der Waals surface area contributed by atoms with Gasteiger partial charge in [-0.25, -0.2) is 4.57 Å². The highest BCUT2D eigenvalue weighted by Crippen LogP contribution is 2.24. The van der Waals surface area contributed by atoms with Crippen LogP contribution in [0.3, 0.4) is 0 Å². The van der Waals surface area contributed by atoms with Crippen LogP contribution in [0, 0.1) is 0 Å². The van der Waals surface area contributed by atoms with Gasteiger partial charge in [-0.05, 0) is 35.2 Å². The molecule has 1 heterocycles. The lowest BCUT2D eigenvalue weighted by atomic mass is 10.00. The molecule has 0 fully saturated rings. The number of aromatic nitrogens is 1. The predicted molar refractivity (Wildman–Crippen MR) is 114 cm³/mol. The molecule has 156 valence electrons. The highest BCUT2D eigenvalue weighted by atomic mass is 31.2. The summed E-state index contributed by atoms with van der Waals surface area (Å²) >= 11 is 0. The summed E-state index contributed by atoms with van der Waals surface area (Å²) in [5.74, 6) is 0. The minimum atomic E-state index is -2.91. The molecule has 29 heavy (non-hydrogen) atoms. The van der Waals surface area contributed by atoms with E-state index in [0.29, 0.717) is 13.1 Å². The standard InChI is InChI=1S/C19H24N2O6P2/c1-2-3-17-14-18(4-5-19(17)15-20-8-12-26-28(22)23)16-6-9-21(10-7-16)11-13-27-29(24)25/h2-7,9-10,14-15,24-25,28H,8,11-13H2,1H3/p+1/b3-2-,20-15+. The Morgan fingerprint density at radius 3 is 2.55 bits per heavy atom. The van der Waals surface area contributed by atoms with Crippen LogP contribution in [0.15, 0.2) is 53.8 Å². The van der Waals surface area contributed by atoms with Crippen molar-refractivity contribution in [1.82, 2.24) is 0 Å². The summed E-state index contributed by atoms with van der Waals surface area (Å²) in [5, 5.41) is 0. The number of aliphatic imine (C=N–C) groups is 1. The third-order valence-corrected chi connectivity index (χ3v) is 4.75. The van der Waals surface area contributed by atoms with Crippen molar-refractivity contribution in [3.05, 3.63) is 59.9 Å². The number of rotatable bonds is 11. The van der Waals surface area contributed by atoms with E-state index in [4.69, 9.17) is 19.2 Å². The minimum Gasteiger partial charge on any atom is -0.328 e. The van der Waals surface area contributed by atoms with E-state index in [0.717, 1.165) is 22.3 Å². The van der Waals surface area contributed by atoms with Gasteiger partial charge in [-0.15, -0.1) is 0 Å². The fourth-order valence-electron chi connectivity index (χ4n) is 2.57. The van der Waals surface area contributed by atoms with Crippen LogP contribution < -0.4 is 4.57 Å². The van der Waals surface area contributed by atoms with Gasteiger partial charge in [0.1, 0.15) is 6.61 Å². The van der Waals surface area contributed by atoms with Gasteiger partial charge < -0.3 is 23.7 Å². The maximum atomic E-state index is 10.5. The molecule has 10 heteroatoms. The summed E-state index contributed by atoms with van der Waals surface area (Å²) in [6.45, 7) is 3.11. The predicted octanol–water partition coefficient (Wildman–Crippen LogP) is 2.72. The lowest BCUT2D eigenvalue weighted by molar-refractivity contribution is -0.697. The summed E-state index contributed by atoms with van der Waals surface area (Å²) in [5.41, 5.74) is 4.05. The smallest absolute Gasteiger partial charge is 0.327 e. The molecule has 0 saturated heterocycles. The van der Waals surface area contributed by atoms with Crippen molar-refractivity contribution in [2.45, 2.75) is 13.5 Å². The molecule has 0 amide bonds. The highest BCUT2D eigenvalue weighted by molar-refractivity contribution is 7.39. The highest BCUT2D eigenvalue weighted by Gasteiger charge is 2.07. The Hall–Kier alpha value is -1.76. The lowest BCUT2D eigenvalue weighted by Crippen LogP contribution is -2.34. The fraction of sp³-hybridized carbons (Fsp3) is 0.263. The number of benzene rings is 1. The molecule has 2 rings (SSSR count). The molecule has 0 aliphatic carbocycles. The summed E-state index contributed by atoms with van der Waals surface area (Å²) in [6.07, 6.45) is 9.50. The van der Waals surface area contributed by atoms with E-state index in [1.54, 1.807) is 6.21 Å². The quantitative estimate of drug-likeness (QED) is 0.215. The SMILES string of the molecule is C/C=C\c1cc(-c2cc[n+](CCOP(O)O)cc2)ccc1/C=N/CCO[PH](=O)O. The summed E-state index contributed by atoms with van der Waals surface area (Å²) in [6, 6.07) is 10.0. The number of allylic oxidation sites excluding steroid dienone is 1. The zero-order chi connectivity index (χ0) is 21.1. The van der Waals surface area contributed by atoms with Gasteiger partial charge in [0.05, 0.1) is 13.2 Å². The largest absolute Gasteiger partial charge is 0.328 e. The lowest BCUT2D eigenvalue weighted by Gasteiger charge is -2.07. The molecule has 0 aliphatic heterocycles. The van der Waals surface area contributed by atoms with E-state index in [9.17, 15) is 4.57 Å².